The number of nitrogens with one attached hydrogen (secondary N) is 1. The number of amides is 1. The molecule has 0 saturated carbocycles. The first-order valence-corrected chi connectivity index (χ1v) is 9.91. The van der Waals surface area contributed by atoms with Gasteiger partial charge in [0.1, 0.15) is 5.69 Å². The number of rotatable bonds is 6. The summed E-state index contributed by atoms with van der Waals surface area (Å²) in [5.41, 5.74) is 1.69. The van der Waals surface area contributed by atoms with Crippen LogP contribution >= 0.6 is 0 Å². The monoisotopic (exact) mass is 412 g/mol. The highest BCUT2D eigenvalue weighted by Gasteiger charge is 2.24. The molecule has 1 unspecified atom stereocenters. The van der Waals surface area contributed by atoms with Gasteiger partial charge in [0.15, 0.2) is 11.5 Å². The number of nitrogens with zero attached hydrogens (tertiary/aromatic N) is 3. The summed E-state index contributed by atoms with van der Waals surface area (Å²) in [6.45, 7) is 5.04. The Morgan fingerprint density at radius 2 is 1.87 bits per heavy atom. The van der Waals surface area contributed by atoms with E-state index in [0.717, 1.165) is 5.56 Å². The molecular weight excluding hydrogens is 388 g/mol. The highest BCUT2D eigenvalue weighted by molar-refractivity contribution is 5.78. The molecule has 1 atom stereocenters. The third kappa shape index (κ3) is 4.30. The molecule has 0 aliphatic carbocycles. The SMILES string of the molecule is CC(NC(=O)CN1CCN(c2ccccc2[N+](=O)[O-])CC1)c1ccc2c(c1)OCO2. The number of hydrogen-bond donors (Lipinski definition) is 1. The van der Waals surface area contributed by atoms with Crippen LogP contribution in [0.15, 0.2) is 42.5 Å². The van der Waals surface area contributed by atoms with Crippen molar-refractivity contribution in [2.45, 2.75) is 13.0 Å². The topological polar surface area (TPSA) is 97.2 Å². The molecule has 9 heteroatoms. The molecule has 1 saturated heterocycles. The molecule has 0 aromatic heterocycles. The van der Waals surface area contributed by atoms with Crippen LogP contribution in [0.25, 0.3) is 0 Å². The van der Waals surface area contributed by atoms with Crippen LogP contribution in [0, 0.1) is 10.1 Å². The molecular formula is C21H24N4O5. The highest BCUT2D eigenvalue weighted by atomic mass is 16.7. The van der Waals surface area contributed by atoms with Crippen LogP contribution in [0.2, 0.25) is 0 Å². The number of anilines is 1. The maximum atomic E-state index is 12.5. The number of hydrogen-bond acceptors (Lipinski definition) is 7. The number of fused-ring (bicyclic) bond motifs is 1. The van der Waals surface area contributed by atoms with Crippen molar-refractivity contribution in [2.75, 3.05) is 44.4 Å². The van der Waals surface area contributed by atoms with Gasteiger partial charge in [0.05, 0.1) is 17.5 Å². The first kappa shape index (κ1) is 20.0. The molecule has 2 aliphatic heterocycles. The van der Waals surface area contributed by atoms with Gasteiger partial charge in [0, 0.05) is 32.2 Å². The van der Waals surface area contributed by atoms with Gasteiger partial charge >= 0.3 is 0 Å². The molecule has 30 heavy (non-hydrogen) atoms. The van der Waals surface area contributed by atoms with Gasteiger partial charge in [-0.05, 0) is 30.7 Å². The van der Waals surface area contributed by atoms with Gasteiger partial charge in [-0.2, -0.15) is 0 Å². The van der Waals surface area contributed by atoms with Gasteiger partial charge in [-0.3, -0.25) is 19.8 Å². The fourth-order valence-corrected chi connectivity index (χ4v) is 3.79. The first-order chi connectivity index (χ1) is 14.5. The maximum absolute atomic E-state index is 12.5. The van der Waals surface area contributed by atoms with E-state index < -0.39 is 0 Å². The van der Waals surface area contributed by atoms with Crippen molar-refractivity contribution in [2.24, 2.45) is 0 Å². The average Bonchev–Trinajstić information content (AvgIpc) is 3.22. The molecule has 1 amide bonds. The number of piperazine rings is 1. The largest absolute Gasteiger partial charge is 0.454 e. The van der Waals surface area contributed by atoms with Crippen molar-refractivity contribution < 1.29 is 19.2 Å². The Hall–Kier alpha value is -3.33. The fraction of sp³-hybridized carbons (Fsp3) is 0.381. The van der Waals surface area contributed by atoms with E-state index in [9.17, 15) is 14.9 Å². The zero-order chi connectivity index (χ0) is 21.1. The summed E-state index contributed by atoms with van der Waals surface area (Å²) < 4.78 is 10.7. The molecule has 0 radical (unpaired) electrons. The van der Waals surface area contributed by atoms with Gasteiger partial charge in [0.25, 0.3) is 5.69 Å². The number of nitro benzene ring substituents is 1. The molecule has 2 aromatic carbocycles. The van der Waals surface area contributed by atoms with E-state index in [-0.39, 0.29) is 29.4 Å². The van der Waals surface area contributed by atoms with Crippen LogP contribution in [-0.4, -0.2) is 55.2 Å². The van der Waals surface area contributed by atoms with Crippen LogP contribution in [0.5, 0.6) is 11.5 Å². The lowest BCUT2D eigenvalue weighted by atomic mass is 10.1. The number of carbonyl (C=O) groups excluding carboxylic acids is 1. The number of nitro groups is 1. The predicted octanol–water partition coefficient (Wildman–Crippen LogP) is 2.32. The Bertz CT molecular complexity index is 943. The predicted molar refractivity (Wildman–Crippen MR) is 111 cm³/mol. The normalized spacial score (nSPS) is 16.9. The Balaban J connectivity index is 1.29. The molecule has 1 N–H and O–H groups in total. The summed E-state index contributed by atoms with van der Waals surface area (Å²) in [7, 11) is 0. The standard InChI is InChI=1S/C21H24N4O5/c1-15(16-6-7-19-20(12-16)30-14-29-19)22-21(26)13-23-8-10-24(11-9-23)17-4-2-3-5-18(17)25(27)28/h2-7,12,15H,8-11,13-14H2,1H3,(H,22,26). The molecule has 0 spiro atoms. The Morgan fingerprint density at radius 1 is 1.13 bits per heavy atom. The van der Waals surface area contributed by atoms with Crippen molar-refractivity contribution in [3.05, 3.63) is 58.1 Å². The van der Waals surface area contributed by atoms with Crippen molar-refractivity contribution in [3.63, 3.8) is 0 Å². The maximum Gasteiger partial charge on any atom is 0.292 e. The van der Waals surface area contributed by atoms with Crippen LogP contribution in [-0.2, 0) is 4.79 Å². The third-order valence-electron chi connectivity index (χ3n) is 5.43. The minimum absolute atomic E-state index is 0.0562. The average molecular weight is 412 g/mol. The second-order valence-corrected chi connectivity index (χ2v) is 7.41. The van der Waals surface area contributed by atoms with Gasteiger partial charge in [-0.1, -0.05) is 18.2 Å². The fourth-order valence-electron chi connectivity index (χ4n) is 3.79. The van der Waals surface area contributed by atoms with Crippen LogP contribution in [0.3, 0.4) is 0 Å². The van der Waals surface area contributed by atoms with Crippen molar-refractivity contribution in [1.82, 2.24) is 10.2 Å². The Kier molecular flexibility index (Phi) is 5.71. The number of para-hydroxylation sites is 2. The van der Waals surface area contributed by atoms with E-state index in [1.54, 1.807) is 18.2 Å². The van der Waals surface area contributed by atoms with Gasteiger partial charge < -0.3 is 19.7 Å². The summed E-state index contributed by atoms with van der Waals surface area (Å²) in [5.74, 6) is 1.35. The van der Waals surface area contributed by atoms with Crippen LogP contribution in [0.4, 0.5) is 11.4 Å². The van der Waals surface area contributed by atoms with Crippen LogP contribution in [0.1, 0.15) is 18.5 Å². The van der Waals surface area contributed by atoms with Gasteiger partial charge in [-0.15, -0.1) is 0 Å². The third-order valence-corrected chi connectivity index (χ3v) is 5.43. The minimum Gasteiger partial charge on any atom is -0.454 e. The summed E-state index contributed by atoms with van der Waals surface area (Å²) in [6.07, 6.45) is 0. The lowest BCUT2D eigenvalue weighted by Crippen LogP contribution is -2.49. The van der Waals surface area contributed by atoms with Gasteiger partial charge in [-0.25, -0.2) is 0 Å². The number of benzene rings is 2. The smallest absolute Gasteiger partial charge is 0.292 e. The minimum atomic E-state index is -0.354. The number of carbonyl (C=O) groups is 1. The summed E-state index contributed by atoms with van der Waals surface area (Å²) in [4.78, 5) is 27.5. The van der Waals surface area contributed by atoms with Crippen molar-refractivity contribution in [3.8, 4) is 11.5 Å². The molecule has 0 bridgehead atoms. The van der Waals surface area contributed by atoms with E-state index in [0.29, 0.717) is 49.9 Å². The molecule has 9 nitrogen and oxygen atoms in total. The number of ether oxygens (including phenoxy) is 2. The van der Waals surface area contributed by atoms with Crippen molar-refractivity contribution >= 4 is 17.3 Å². The van der Waals surface area contributed by atoms with E-state index in [4.69, 9.17) is 9.47 Å². The summed E-state index contributed by atoms with van der Waals surface area (Å²) in [5, 5.41) is 14.3. The van der Waals surface area contributed by atoms with E-state index >= 15 is 0 Å². The zero-order valence-corrected chi connectivity index (χ0v) is 16.7. The zero-order valence-electron chi connectivity index (χ0n) is 16.7. The highest BCUT2D eigenvalue weighted by Crippen LogP contribution is 2.34. The second-order valence-electron chi connectivity index (χ2n) is 7.41. The second kappa shape index (κ2) is 8.58. The molecule has 2 heterocycles. The summed E-state index contributed by atoms with van der Waals surface area (Å²) in [6, 6.07) is 12.3. The molecule has 2 aliphatic rings. The Morgan fingerprint density at radius 3 is 2.63 bits per heavy atom. The lowest BCUT2D eigenvalue weighted by Gasteiger charge is -2.35. The molecule has 158 valence electrons. The van der Waals surface area contributed by atoms with Crippen molar-refractivity contribution in [1.29, 1.82) is 0 Å². The summed E-state index contributed by atoms with van der Waals surface area (Å²) >= 11 is 0. The first-order valence-electron chi connectivity index (χ1n) is 9.91. The quantitative estimate of drug-likeness (QED) is 0.574. The van der Waals surface area contributed by atoms with Gasteiger partial charge in [0.2, 0.25) is 12.7 Å². The van der Waals surface area contributed by atoms with E-state index in [2.05, 4.69) is 10.2 Å². The lowest BCUT2D eigenvalue weighted by molar-refractivity contribution is -0.384. The van der Waals surface area contributed by atoms with E-state index in [1.807, 2.05) is 30.0 Å². The molecule has 2 aromatic rings. The molecule has 1 fully saturated rings. The Labute approximate surface area is 174 Å². The van der Waals surface area contributed by atoms with Crippen LogP contribution < -0.4 is 19.7 Å². The van der Waals surface area contributed by atoms with E-state index in [1.165, 1.54) is 6.07 Å². The molecule has 4 rings (SSSR count).